The molecule has 5 nitrogen and oxygen atoms in total. The maximum atomic E-state index is 14.7. The van der Waals surface area contributed by atoms with E-state index in [1.807, 2.05) is 0 Å². The van der Waals surface area contributed by atoms with Crippen LogP contribution in [0.3, 0.4) is 0 Å². The largest absolute Gasteiger partial charge is 0.431 e. The molecule has 7 aliphatic rings. The summed E-state index contributed by atoms with van der Waals surface area (Å²) in [5, 5.41) is -5.52. The van der Waals surface area contributed by atoms with Crippen molar-refractivity contribution in [2.24, 2.45) is 41.4 Å². The van der Waals surface area contributed by atoms with Crippen molar-refractivity contribution in [1.29, 1.82) is 0 Å². The molecule has 1 spiro atoms. The molecule has 6 aliphatic carbocycles. The molecule has 0 aromatic heterocycles. The zero-order valence-electron chi connectivity index (χ0n) is 15.6. The molecule has 1 saturated heterocycles. The Labute approximate surface area is 166 Å². The zero-order valence-corrected chi connectivity index (χ0v) is 16.5. The van der Waals surface area contributed by atoms with Crippen LogP contribution in [0.1, 0.15) is 44.9 Å². The molecule has 1 N–H and O–H groups in total. The maximum absolute atomic E-state index is 14.7. The molecule has 5 atom stereocenters. The Morgan fingerprint density at radius 2 is 1.38 bits per heavy atom. The van der Waals surface area contributed by atoms with Crippen molar-refractivity contribution < 1.29 is 40.0 Å². The topological polar surface area (TPSA) is 72.8 Å². The smallest absolute Gasteiger partial charge is 0.343 e. The van der Waals surface area contributed by atoms with Crippen LogP contribution in [0.25, 0.3) is 0 Å². The predicted molar refractivity (Wildman–Crippen MR) is 90.7 cm³/mol. The summed E-state index contributed by atoms with van der Waals surface area (Å²) in [5.74, 6) is -6.98. The van der Waals surface area contributed by atoms with E-state index in [1.165, 1.54) is 6.42 Å². The van der Waals surface area contributed by atoms with E-state index in [-0.39, 0.29) is 36.7 Å². The van der Waals surface area contributed by atoms with Crippen molar-refractivity contribution in [1.82, 2.24) is 0 Å². The normalized spacial score (nSPS) is 53.2. The summed E-state index contributed by atoms with van der Waals surface area (Å²) < 4.78 is 101. The lowest BCUT2D eigenvalue weighted by Gasteiger charge is -2.58. The van der Waals surface area contributed by atoms with Gasteiger partial charge >= 0.3 is 21.3 Å². The van der Waals surface area contributed by atoms with Crippen LogP contribution < -0.4 is 0 Å². The van der Waals surface area contributed by atoms with Gasteiger partial charge in [-0.25, -0.2) is 0 Å². The van der Waals surface area contributed by atoms with Gasteiger partial charge in [0.05, 0.1) is 12.2 Å². The molecule has 164 valence electrons. The van der Waals surface area contributed by atoms with Gasteiger partial charge in [0.15, 0.2) is 5.79 Å². The highest BCUT2D eigenvalue weighted by atomic mass is 32.2. The number of halogens is 4. The third-order valence-electron chi connectivity index (χ3n) is 8.95. The number of ether oxygens (including phenoxy) is 2. The lowest BCUT2D eigenvalue weighted by atomic mass is 9.53. The Kier molecular flexibility index (Phi) is 3.64. The fourth-order valence-electron chi connectivity index (χ4n) is 8.06. The third-order valence-corrected chi connectivity index (χ3v) is 9.87. The number of hydrogen-bond acceptors (Lipinski definition) is 4. The van der Waals surface area contributed by atoms with Crippen LogP contribution >= 0.6 is 0 Å². The minimum atomic E-state index is -6.23. The SMILES string of the molecule is O=S(=O)(O)C(F)(F)C(F)(F)C1CC2C[C@@H]1C1OC3(OC21)C1CC2CC(C1)CC3C2. The number of alkyl halides is 4. The van der Waals surface area contributed by atoms with Crippen molar-refractivity contribution in [2.75, 3.05) is 0 Å². The van der Waals surface area contributed by atoms with Crippen LogP contribution in [0.4, 0.5) is 17.6 Å². The van der Waals surface area contributed by atoms with E-state index in [4.69, 9.17) is 14.0 Å². The minimum absolute atomic E-state index is 0.224. The first-order valence-corrected chi connectivity index (χ1v) is 12.0. The Bertz CT molecular complexity index is 818. The highest BCUT2D eigenvalue weighted by molar-refractivity contribution is 7.87. The monoisotopic (exact) mass is 440 g/mol. The van der Waals surface area contributed by atoms with E-state index in [1.54, 1.807) is 0 Å². The molecule has 7 fully saturated rings. The van der Waals surface area contributed by atoms with Crippen molar-refractivity contribution in [3.8, 4) is 0 Å². The molecule has 0 amide bonds. The standard InChI is InChI=1S/C19H24F4O5S/c20-18(21,19(22,23)29(24,25)26)14-7-10-6-13(14)16-15(10)27-17(28-16)11-2-8-1-9(4-11)5-12(17)3-8/h8-16H,1-7H2,(H,24,25,26)/t8?,9?,10?,11?,12?,13-,14?,15?,16?,17?/m0/s1. The molecular weight excluding hydrogens is 416 g/mol. The van der Waals surface area contributed by atoms with Gasteiger partial charge in [-0.1, -0.05) is 0 Å². The molecule has 1 heterocycles. The Balaban J connectivity index is 1.29. The van der Waals surface area contributed by atoms with E-state index < -0.39 is 45.0 Å². The highest BCUT2D eigenvalue weighted by Gasteiger charge is 2.76. The van der Waals surface area contributed by atoms with E-state index >= 15 is 0 Å². The molecule has 7 rings (SSSR count). The third kappa shape index (κ3) is 2.24. The van der Waals surface area contributed by atoms with Gasteiger partial charge < -0.3 is 9.47 Å². The fraction of sp³-hybridized carbons (Fsp3) is 1.00. The lowest BCUT2D eigenvalue weighted by Crippen LogP contribution is -2.59. The fourth-order valence-corrected chi connectivity index (χ4v) is 8.55. The van der Waals surface area contributed by atoms with Gasteiger partial charge in [-0.15, -0.1) is 0 Å². The molecule has 29 heavy (non-hydrogen) atoms. The molecule has 0 aromatic rings. The highest BCUT2D eigenvalue weighted by Crippen LogP contribution is 2.68. The Morgan fingerprint density at radius 1 is 0.828 bits per heavy atom. The summed E-state index contributed by atoms with van der Waals surface area (Å²) in [4.78, 5) is 0. The van der Waals surface area contributed by atoms with Crippen molar-refractivity contribution in [3.63, 3.8) is 0 Å². The summed E-state index contributed by atoms with van der Waals surface area (Å²) in [6.07, 6.45) is 4.16. The van der Waals surface area contributed by atoms with Crippen molar-refractivity contribution in [2.45, 2.75) is 74.1 Å². The van der Waals surface area contributed by atoms with E-state index in [9.17, 15) is 26.0 Å². The lowest BCUT2D eigenvalue weighted by molar-refractivity contribution is -0.304. The van der Waals surface area contributed by atoms with E-state index in [0.29, 0.717) is 11.8 Å². The number of fused-ring (bicyclic) bond motifs is 5. The van der Waals surface area contributed by atoms with Gasteiger partial charge in [0.2, 0.25) is 0 Å². The summed E-state index contributed by atoms with van der Waals surface area (Å²) in [7, 11) is -6.23. The molecule has 6 bridgehead atoms. The zero-order chi connectivity index (χ0) is 20.6. The summed E-state index contributed by atoms with van der Waals surface area (Å²) in [6.45, 7) is 0. The first-order valence-electron chi connectivity index (χ1n) is 10.5. The van der Waals surface area contributed by atoms with Crippen LogP contribution in [0.5, 0.6) is 0 Å². The van der Waals surface area contributed by atoms with Gasteiger partial charge in [0, 0.05) is 17.8 Å². The molecule has 0 aromatic carbocycles. The number of hydrogen-bond donors (Lipinski definition) is 1. The van der Waals surface area contributed by atoms with Gasteiger partial charge in [-0.3, -0.25) is 4.55 Å². The second kappa shape index (κ2) is 5.48. The quantitative estimate of drug-likeness (QED) is 0.535. The second-order valence-corrected chi connectivity index (χ2v) is 11.8. The maximum Gasteiger partial charge on any atom is 0.431 e. The molecule has 10 heteroatoms. The summed E-state index contributed by atoms with van der Waals surface area (Å²) >= 11 is 0. The average Bonchev–Trinajstić information content (AvgIpc) is 3.28. The first kappa shape index (κ1) is 19.3. The van der Waals surface area contributed by atoms with Gasteiger partial charge in [-0.05, 0) is 68.6 Å². The minimum Gasteiger partial charge on any atom is -0.343 e. The van der Waals surface area contributed by atoms with Crippen LogP contribution in [0, 0.1) is 41.4 Å². The van der Waals surface area contributed by atoms with Crippen molar-refractivity contribution in [3.05, 3.63) is 0 Å². The van der Waals surface area contributed by atoms with Crippen LogP contribution in [0.2, 0.25) is 0 Å². The molecular formula is C19H24F4O5S. The summed E-state index contributed by atoms with van der Waals surface area (Å²) in [5.41, 5.74) is 0. The predicted octanol–water partition coefficient (Wildman–Crippen LogP) is 3.69. The summed E-state index contributed by atoms with van der Waals surface area (Å²) in [6, 6.07) is 0. The van der Waals surface area contributed by atoms with Gasteiger partial charge in [0.1, 0.15) is 0 Å². The second-order valence-electron chi connectivity index (χ2n) is 10.3. The number of rotatable bonds is 3. The Hall–Kier alpha value is -0.450. The van der Waals surface area contributed by atoms with Crippen LogP contribution in [-0.4, -0.2) is 42.1 Å². The molecule has 0 radical (unpaired) electrons. The average molecular weight is 440 g/mol. The van der Waals surface area contributed by atoms with Crippen LogP contribution in [0.15, 0.2) is 0 Å². The molecule has 1 aliphatic heterocycles. The van der Waals surface area contributed by atoms with E-state index in [0.717, 1.165) is 25.7 Å². The van der Waals surface area contributed by atoms with Gasteiger partial charge in [-0.2, -0.15) is 26.0 Å². The van der Waals surface area contributed by atoms with E-state index in [2.05, 4.69) is 0 Å². The Morgan fingerprint density at radius 3 is 1.93 bits per heavy atom. The van der Waals surface area contributed by atoms with Gasteiger partial charge in [0.25, 0.3) is 0 Å². The first-order chi connectivity index (χ1) is 13.4. The van der Waals surface area contributed by atoms with Crippen molar-refractivity contribution >= 4 is 10.1 Å². The molecule has 4 unspecified atom stereocenters. The molecule has 6 saturated carbocycles. The van der Waals surface area contributed by atoms with Crippen LogP contribution in [-0.2, 0) is 19.6 Å².